The van der Waals surface area contributed by atoms with E-state index in [1.165, 1.54) is 65.3 Å². The van der Waals surface area contributed by atoms with E-state index in [1.807, 2.05) is 0 Å². The number of fused-ring (bicyclic) bond motifs is 3. The Hall–Kier alpha value is -3.84. The molecule has 29 heavy (non-hydrogen) atoms. The first-order chi connectivity index (χ1) is 14.4. The molecule has 0 fully saturated rings. The SMILES string of the molecule is c1ccc2[nH]c(-c3cc4cccc5c6cccc7cccc(c(c3)c45)c76)cc2c1. The van der Waals surface area contributed by atoms with Crippen molar-refractivity contribution >= 4 is 54.0 Å². The summed E-state index contributed by atoms with van der Waals surface area (Å²) in [6.45, 7) is 0. The van der Waals surface area contributed by atoms with Gasteiger partial charge in [0.1, 0.15) is 0 Å². The average Bonchev–Trinajstić information content (AvgIpc) is 3.21. The van der Waals surface area contributed by atoms with E-state index in [1.54, 1.807) is 0 Å². The van der Waals surface area contributed by atoms with Gasteiger partial charge in [-0.25, -0.2) is 0 Å². The summed E-state index contributed by atoms with van der Waals surface area (Å²) in [7, 11) is 0. The van der Waals surface area contributed by atoms with Crippen LogP contribution in [0, 0.1) is 0 Å². The molecule has 0 saturated carbocycles. The lowest BCUT2D eigenvalue weighted by atomic mass is 9.88. The predicted molar refractivity (Wildman–Crippen MR) is 125 cm³/mol. The number of para-hydroxylation sites is 1. The van der Waals surface area contributed by atoms with Crippen molar-refractivity contribution in [2.45, 2.75) is 0 Å². The minimum Gasteiger partial charge on any atom is -0.355 e. The second kappa shape index (κ2) is 5.36. The van der Waals surface area contributed by atoms with Gasteiger partial charge in [0.15, 0.2) is 0 Å². The third-order valence-corrected chi connectivity index (χ3v) is 6.30. The molecule has 1 N–H and O–H groups in total. The molecule has 0 radical (unpaired) electrons. The molecule has 1 aromatic heterocycles. The number of nitrogens with one attached hydrogen (secondary N) is 1. The molecule has 1 nitrogen and oxygen atoms in total. The maximum atomic E-state index is 3.60. The average molecular weight is 367 g/mol. The minimum absolute atomic E-state index is 1.17. The van der Waals surface area contributed by atoms with E-state index in [2.05, 4.69) is 102 Å². The van der Waals surface area contributed by atoms with Gasteiger partial charge in [-0.05, 0) is 72.9 Å². The number of aromatic nitrogens is 1. The Bertz CT molecular complexity index is 1660. The lowest BCUT2D eigenvalue weighted by Gasteiger charge is -2.15. The summed E-state index contributed by atoms with van der Waals surface area (Å²) in [6, 6.07) is 35.4. The molecular formula is C28H17N. The Balaban J connectivity index is 1.69. The van der Waals surface area contributed by atoms with Gasteiger partial charge in [0.25, 0.3) is 0 Å². The zero-order valence-electron chi connectivity index (χ0n) is 15.7. The zero-order chi connectivity index (χ0) is 18.9. The molecule has 7 rings (SSSR count). The van der Waals surface area contributed by atoms with Crippen LogP contribution in [0.4, 0.5) is 0 Å². The number of H-pyrrole nitrogens is 1. The van der Waals surface area contributed by atoms with Gasteiger partial charge in [0.05, 0.1) is 0 Å². The summed E-state index contributed by atoms with van der Waals surface area (Å²) in [5.74, 6) is 0. The molecule has 1 heterocycles. The fraction of sp³-hybridized carbons (Fsp3) is 0. The second-order valence-electron chi connectivity index (χ2n) is 7.91. The van der Waals surface area contributed by atoms with Gasteiger partial charge in [-0.15, -0.1) is 0 Å². The van der Waals surface area contributed by atoms with Gasteiger partial charge in [0, 0.05) is 16.6 Å². The quantitative estimate of drug-likeness (QED) is 0.224. The monoisotopic (exact) mass is 367 g/mol. The van der Waals surface area contributed by atoms with Gasteiger partial charge >= 0.3 is 0 Å². The first-order valence-corrected chi connectivity index (χ1v) is 10.0. The standard InChI is InChI=1S/C28H17N/c1-2-13-25-18(6-1)16-26(29-25)20-14-19-9-5-11-22-21-10-3-7-17-8-4-12-23(27(17)21)24(15-20)28(19)22/h1-16,29H. The van der Waals surface area contributed by atoms with Crippen molar-refractivity contribution in [1.29, 1.82) is 0 Å². The van der Waals surface area contributed by atoms with Crippen molar-refractivity contribution in [2.24, 2.45) is 0 Å². The van der Waals surface area contributed by atoms with Gasteiger partial charge in [-0.1, -0.05) is 72.8 Å². The molecule has 0 unspecified atom stereocenters. The first kappa shape index (κ1) is 15.1. The van der Waals surface area contributed by atoms with Crippen molar-refractivity contribution in [3.05, 3.63) is 97.1 Å². The molecule has 134 valence electrons. The first-order valence-electron chi connectivity index (χ1n) is 10.0. The molecule has 0 aliphatic rings. The lowest BCUT2D eigenvalue weighted by molar-refractivity contribution is 1.46. The molecule has 0 atom stereocenters. The van der Waals surface area contributed by atoms with Gasteiger partial charge in [-0.2, -0.15) is 0 Å². The number of benzene rings is 6. The number of aromatic amines is 1. The minimum atomic E-state index is 1.17. The fourth-order valence-electron chi connectivity index (χ4n) is 5.04. The Morgan fingerprint density at radius 3 is 1.83 bits per heavy atom. The third-order valence-electron chi connectivity index (χ3n) is 6.30. The molecule has 0 aliphatic carbocycles. The fourth-order valence-corrected chi connectivity index (χ4v) is 5.04. The highest BCUT2D eigenvalue weighted by atomic mass is 14.7. The topological polar surface area (TPSA) is 15.8 Å². The molecule has 7 aromatic rings. The Kier molecular flexibility index (Phi) is 2.80. The largest absolute Gasteiger partial charge is 0.355 e. The van der Waals surface area contributed by atoms with Crippen LogP contribution in [0.2, 0.25) is 0 Å². The molecular weight excluding hydrogens is 350 g/mol. The van der Waals surface area contributed by atoms with Crippen LogP contribution in [0.1, 0.15) is 0 Å². The van der Waals surface area contributed by atoms with E-state index in [0.717, 1.165) is 0 Å². The van der Waals surface area contributed by atoms with Gasteiger partial charge in [0.2, 0.25) is 0 Å². The van der Waals surface area contributed by atoms with Crippen molar-refractivity contribution in [3.8, 4) is 11.3 Å². The van der Waals surface area contributed by atoms with E-state index < -0.39 is 0 Å². The lowest BCUT2D eigenvalue weighted by Crippen LogP contribution is -1.88. The van der Waals surface area contributed by atoms with Crippen LogP contribution < -0.4 is 0 Å². The number of hydrogen-bond donors (Lipinski definition) is 1. The molecule has 0 saturated heterocycles. The number of hydrogen-bond acceptors (Lipinski definition) is 0. The summed E-state index contributed by atoms with van der Waals surface area (Å²) in [6.07, 6.45) is 0. The van der Waals surface area contributed by atoms with Crippen LogP contribution in [-0.4, -0.2) is 4.98 Å². The van der Waals surface area contributed by atoms with E-state index in [9.17, 15) is 0 Å². The highest BCUT2D eigenvalue weighted by Gasteiger charge is 2.14. The van der Waals surface area contributed by atoms with Crippen LogP contribution in [-0.2, 0) is 0 Å². The van der Waals surface area contributed by atoms with Gasteiger partial charge < -0.3 is 4.98 Å². The predicted octanol–water partition coefficient (Wildman–Crippen LogP) is 7.89. The van der Waals surface area contributed by atoms with Crippen LogP contribution in [0.15, 0.2) is 97.1 Å². The summed E-state index contributed by atoms with van der Waals surface area (Å²) in [5, 5.41) is 11.9. The van der Waals surface area contributed by atoms with Crippen molar-refractivity contribution < 1.29 is 0 Å². The molecule has 0 bridgehead atoms. The zero-order valence-corrected chi connectivity index (χ0v) is 15.7. The van der Waals surface area contributed by atoms with E-state index >= 15 is 0 Å². The van der Waals surface area contributed by atoms with Crippen molar-refractivity contribution in [1.82, 2.24) is 4.98 Å². The number of rotatable bonds is 1. The second-order valence-corrected chi connectivity index (χ2v) is 7.91. The van der Waals surface area contributed by atoms with Crippen LogP contribution in [0.25, 0.3) is 65.3 Å². The summed E-state index contributed by atoms with van der Waals surface area (Å²) in [5.41, 5.74) is 3.58. The Morgan fingerprint density at radius 1 is 0.448 bits per heavy atom. The van der Waals surface area contributed by atoms with E-state index in [0.29, 0.717) is 0 Å². The highest BCUT2D eigenvalue weighted by Crippen LogP contribution is 2.42. The summed E-state index contributed by atoms with van der Waals surface area (Å²) >= 11 is 0. The molecule has 0 spiro atoms. The Labute approximate surface area is 167 Å². The third kappa shape index (κ3) is 1.99. The molecule has 6 aromatic carbocycles. The molecule has 0 amide bonds. The van der Waals surface area contributed by atoms with E-state index in [-0.39, 0.29) is 0 Å². The van der Waals surface area contributed by atoms with Crippen LogP contribution >= 0.6 is 0 Å². The Morgan fingerprint density at radius 2 is 1.07 bits per heavy atom. The molecule has 1 heteroatoms. The van der Waals surface area contributed by atoms with Crippen molar-refractivity contribution in [3.63, 3.8) is 0 Å². The van der Waals surface area contributed by atoms with Crippen LogP contribution in [0.5, 0.6) is 0 Å². The highest BCUT2D eigenvalue weighted by molar-refractivity contribution is 6.33. The summed E-state index contributed by atoms with van der Waals surface area (Å²) in [4.78, 5) is 3.60. The molecule has 0 aliphatic heterocycles. The van der Waals surface area contributed by atoms with Crippen LogP contribution in [0.3, 0.4) is 0 Å². The van der Waals surface area contributed by atoms with E-state index in [4.69, 9.17) is 0 Å². The smallest absolute Gasteiger partial charge is 0.0465 e. The van der Waals surface area contributed by atoms with Crippen molar-refractivity contribution in [2.75, 3.05) is 0 Å². The normalized spacial score (nSPS) is 12.1. The maximum Gasteiger partial charge on any atom is 0.0465 e. The summed E-state index contributed by atoms with van der Waals surface area (Å²) < 4.78 is 0. The van der Waals surface area contributed by atoms with Gasteiger partial charge in [-0.3, -0.25) is 0 Å². The maximum absolute atomic E-state index is 3.60.